The molecule has 1 atom stereocenters. The molecular formula is C11H21NO3S. The number of carbonyl (C=O) groups excluding carboxylic acids is 1. The van der Waals surface area contributed by atoms with Crippen LogP contribution in [0, 0.1) is 0 Å². The molecule has 0 heterocycles. The lowest BCUT2D eigenvalue weighted by atomic mass is 9.94. The van der Waals surface area contributed by atoms with Crippen molar-refractivity contribution in [2.75, 3.05) is 12.0 Å². The maximum absolute atomic E-state index is 11.6. The number of carboxylic acids is 1. The molecule has 0 bridgehead atoms. The molecule has 0 aliphatic carbocycles. The molecule has 0 radical (unpaired) electrons. The zero-order valence-corrected chi connectivity index (χ0v) is 11.0. The number of thioether (sulfide) groups is 1. The van der Waals surface area contributed by atoms with Gasteiger partial charge in [-0.3, -0.25) is 9.59 Å². The van der Waals surface area contributed by atoms with E-state index in [1.807, 2.05) is 13.2 Å². The lowest BCUT2D eigenvalue weighted by Gasteiger charge is -2.27. The van der Waals surface area contributed by atoms with Crippen LogP contribution in [0.1, 0.15) is 39.5 Å². The van der Waals surface area contributed by atoms with Gasteiger partial charge < -0.3 is 10.4 Å². The van der Waals surface area contributed by atoms with Crippen molar-refractivity contribution < 1.29 is 14.7 Å². The smallest absolute Gasteiger partial charge is 0.305 e. The van der Waals surface area contributed by atoms with E-state index >= 15 is 0 Å². The molecule has 2 N–H and O–H groups in total. The highest BCUT2D eigenvalue weighted by molar-refractivity contribution is 7.98. The minimum absolute atomic E-state index is 0.0300. The lowest BCUT2D eigenvalue weighted by Crippen LogP contribution is -2.46. The molecule has 0 fully saturated rings. The molecule has 0 saturated carbocycles. The van der Waals surface area contributed by atoms with E-state index in [9.17, 15) is 9.59 Å². The summed E-state index contributed by atoms with van der Waals surface area (Å²) < 4.78 is 0. The van der Waals surface area contributed by atoms with E-state index in [1.165, 1.54) is 0 Å². The summed E-state index contributed by atoms with van der Waals surface area (Å²) in [6, 6.07) is 0. The summed E-state index contributed by atoms with van der Waals surface area (Å²) >= 11 is 1.70. The first kappa shape index (κ1) is 15.3. The maximum Gasteiger partial charge on any atom is 0.305 e. The second kappa shape index (κ2) is 7.54. The molecule has 0 aliphatic heterocycles. The summed E-state index contributed by atoms with van der Waals surface area (Å²) in [6.45, 7) is 3.65. The van der Waals surface area contributed by atoms with Crippen LogP contribution in [-0.4, -0.2) is 34.5 Å². The Morgan fingerprint density at radius 2 is 2.06 bits per heavy atom. The van der Waals surface area contributed by atoms with Gasteiger partial charge in [0.15, 0.2) is 0 Å². The van der Waals surface area contributed by atoms with Gasteiger partial charge in [-0.15, -0.1) is 0 Å². The van der Waals surface area contributed by atoms with Gasteiger partial charge in [0.2, 0.25) is 5.91 Å². The molecule has 5 heteroatoms. The summed E-state index contributed by atoms with van der Waals surface area (Å²) in [5.41, 5.74) is -0.623. The Kier molecular flexibility index (Phi) is 7.21. The van der Waals surface area contributed by atoms with E-state index in [-0.39, 0.29) is 12.3 Å². The molecule has 0 aromatic carbocycles. The van der Waals surface area contributed by atoms with E-state index in [0.29, 0.717) is 12.8 Å². The van der Waals surface area contributed by atoms with Gasteiger partial charge >= 0.3 is 5.97 Å². The molecule has 0 aromatic rings. The fraction of sp³-hybridized carbons (Fsp3) is 0.818. The summed E-state index contributed by atoms with van der Waals surface area (Å²) in [5.74, 6) is 0.0169. The Hall–Kier alpha value is -0.710. The number of nitrogens with one attached hydrogen (secondary N) is 1. The molecule has 1 unspecified atom stereocenters. The second-order valence-electron chi connectivity index (χ2n) is 4.13. The fourth-order valence-electron chi connectivity index (χ4n) is 1.37. The highest BCUT2D eigenvalue weighted by atomic mass is 32.2. The summed E-state index contributed by atoms with van der Waals surface area (Å²) in [7, 11) is 0. The van der Waals surface area contributed by atoms with Crippen molar-refractivity contribution in [2.45, 2.75) is 45.1 Å². The van der Waals surface area contributed by atoms with Crippen LogP contribution in [0.25, 0.3) is 0 Å². The molecule has 0 saturated heterocycles. The van der Waals surface area contributed by atoms with E-state index < -0.39 is 11.5 Å². The predicted molar refractivity (Wildman–Crippen MR) is 66.7 cm³/mol. The zero-order valence-electron chi connectivity index (χ0n) is 10.2. The molecule has 0 aliphatic rings. The lowest BCUT2D eigenvalue weighted by molar-refractivity contribution is -0.139. The van der Waals surface area contributed by atoms with Crippen molar-refractivity contribution in [1.82, 2.24) is 5.32 Å². The van der Waals surface area contributed by atoms with E-state index in [2.05, 4.69) is 5.32 Å². The first-order valence-electron chi connectivity index (χ1n) is 5.45. The molecule has 0 spiro atoms. The number of hydrogen-bond donors (Lipinski definition) is 2. The highest BCUT2D eigenvalue weighted by Gasteiger charge is 2.26. The van der Waals surface area contributed by atoms with Crippen LogP contribution in [0.2, 0.25) is 0 Å². The molecule has 16 heavy (non-hydrogen) atoms. The average Bonchev–Trinajstić information content (AvgIpc) is 2.16. The van der Waals surface area contributed by atoms with Crippen LogP contribution in [-0.2, 0) is 9.59 Å². The highest BCUT2D eigenvalue weighted by Crippen LogP contribution is 2.14. The van der Waals surface area contributed by atoms with Gasteiger partial charge in [-0.05, 0) is 31.8 Å². The molecule has 94 valence electrons. The number of carboxylic acid groups (broad SMARTS) is 1. The number of hydrogen-bond acceptors (Lipinski definition) is 3. The third-order valence-corrected chi connectivity index (χ3v) is 3.21. The van der Waals surface area contributed by atoms with E-state index in [0.717, 1.165) is 12.2 Å². The Bertz CT molecular complexity index is 245. The molecule has 4 nitrogen and oxygen atoms in total. The van der Waals surface area contributed by atoms with E-state index in [1.54, 1.807) is 18.7 Å². The molecule has 0 aromatic heterocycles. The van der Waals surface area contributed by atoms with Gasteiger partial charge in [0, 0.05) is 12.0 Å². The quantitative estimate of drug-likeness (QED) is 0.643. The van der Waals surface area contributed by atoms with Gasteiger partial charge in [0.1, 0.15) is 0 Å². The van der Waals surface area contributed by atoms with Crippen LogP contribution in [0.15, 0.2) is 0 Å². The van der Waals surface area contributed by atoms with Crippen LogP contribution in [0.3, 0.4) is 0 Å². The number of amides is 1. The normalized spacial score (nSPS) is 14.2. The average molecular weight is 247 g/mol. The second-order valence-corrected chi connectivity index (χ2v) is 5.11. The van der Waals surface area contributed by atoms with Crippen molar-refractivity contribution in [3.8, 4) is 0 Å². The van der Waals surface area contributed by atoms with E-state index in [4.69, 9.17) is 5.11 Å². The third-order valence-electron chi connectivity index (χ3n) is 2.52. The molecule has 0 rings (SSSR count). The van der Waals surface area contributed by atoms with Gasteiger partial charge in [-0.2, -0.15) is 11.8 Å². The maximum atomic E-state index is 11.6. The fourth-order valence-corrected chi connectivity index (χ4v) is 1.80. The Labute approximate surface area is 101 Å². The van der Waals surface area contributed by atoms with Crippen molar-refractivity contribution in [2.24, 2.45) is 0 Å². The largest absolute Gasteiger partial charge is 0.481 e. The van der Waals surface area contributed by atoms with Gasteiger partial charge in [-0.25, -0.2) is 0 Å². The standard InChI is InChI=1S/C11H21NO3S/c1-4-11(2,8-10(14)15)12-9(13)6-5-7-16-3/h4-8H2,1-3H3,(H,12,13)(H,14,15). The first-order chi connectivity index (χ1) is 7.43. The van der Waals surface area contributed by atoms with Crippen molar-refractivity contribution in [3.63, 3.8) is 0 Å². The predicted octanol–water partition coefficient (Wildman–Crippen LogP) is 1.89. The zero-order chi connectivity index (χ0) is 12.6. The Morgan fingerprint density at radius 1 is 1.44 bits per heavy atom. The minimum Gasteiger partial charge on any atom is -0.481 e. The number of rotatable bonds is 8. The first-order valence-corrected chi connectivity index (χ1v) is 6.84. The van der Waals surface area contributed by atoms with Crippen LogP contribution in [0.5, 0.6) is 0 Å². The SMILES string of the molecule is CCC(C)(CC(=O)O)NC(=O)CCCSC. The molecular weight excluding hydrogens is 226 g/mol. The van der Waals surface area contributed by atoms with Crippen LogP contribution < -0.4 is 5.32 Å². The van der Waals surface area contributed by atoms with Crippen LogP contribution >= 0.6 is 11.8 Å². The molecule has 1 amide bonds. The van der Waals surface area contributed by atoms with Crippen molar-refractivity contribution in [3.05, 3.63) is 0 Å². The summed E-state index contributed by atoms with van der Waals surface area (Å²) in [5, 5.41) is 11.6. The van der Waals surface area contributed by atoms with Crippen LogP contribution in [0.4, 0.5) is 0 Å². The number of aliphatic carboxylic acids is 1. The summed E-state index contributed by atoms with van der Waals surface area (Å²) in [4.78, 5) is 22.2. The monoisotopic (exact) mass is 247 g/mol. The topological polar surface area (TPSA) is 66.4 Å². The number of carbonyl (C=O) groups is 2. The van der Waals surface area contributed by atoms with Gasteiger partial charge in [-0.1, -0.05) is 6.92 Å². The Morgan fingerprint density at radius 3 is 2.50 bits per heavy atom. The van der Waals surface area contributed by atoms with Gasteiger partial charge in [0.05, 0.1) is 6.42 Å². The Balaban J connectivity index is 4.09. The third kappa shape index (κ3) is 6.71. The van der Waals surface area contributed by atoms with Crippen molar-refractivity contribution >= 4 is 23.6 Å². The van der Waals surface area contributed by atoms with Gasteiger partial charge in [0.25, 0.3) is 0 Å². The summed E-state index contributed by atoms with van der Waals surface area (Å²) in [6.07, 6.45) is 3.89. The minimum atomic E-state index is -0.881. The van der Waals surface area contributed by atoms with Crippen molar-refractivity contribution in [1.29, 1.82) is 0 Å².